The highest BCUT2D eigenvalue weighted by molar-refractivity contribution is 8.01. The molecule has 0 aliphatic carbocycles. The standard InChI is InChI=1S/C54H57FN4O4S2/c1-53(2,3)63-52(62)59-37-46(65-54(40-16-8-5-9-17-40,41-18-10-6-11-19-41)42-20-12-7-13-21-42)35-45(59)36-57-44-30-27-39(26-23-38-24-28-43(55)29-25-38)47(34-44)51(61)58-49(31-33-64-4)50(60)48-22-14-15-32-56-48/h5-22,24-25,27-30,32,34,45-46,49,57H,23,26,31,33,35-37H2,1-4H3,(H,58,61)/t45-,46-,49-/m0/s1. The molecule has 0 spiro atoms. The summed E-state index contributed by atoms with van der Waals surface area (Å²) in [6, 6.07) is 47.9. The normalized spacial score (nSPS) is 15.6. The number of hydrogen-bond donors (Lipinski definition) is 2. The molecule has 0 saturated carbocycles. The number of amides is 2. The van der Waals surface area contributed by atoms with Gasteiger partial charge in [0.25, 0.3) is 5.91 Å². The Hall–Kier alpha value is -5.91. The molecule has 1 aromatic heterocycles. The summed E-state index contributed by atoms with van der Waals surface area (Å²) in [5.41, 5.74) is 5.91. The minimum absolute atomic E-state index is 0.0139. The van der Waals surface area contributed by atoms with Crippen molar-refractivity contribution in [2.45, 2.75) is 74.1 Å². The van der Waals surface area contributed by atoms with E-state index in [9.17, 15) is 18.8 Å². The number of aryl methyl sites for hydroxylation is 2. The second-order valence-corrected chi connectivity index (χ2v) is 19.8. The fourth-order valence-corrected chi connectivity index (χ4v) is 10.7. The van der Waals surface area contributed by atoms with Crippen LogP contribution in [0.25, 0.3) is 0 Å². The molecule has 8 nitrogen and oxygen atoms in total. The van der Waals surface area contributed by atoms with Crippen molar-refractivity contribution < 1.29 is 23.5 Å². The van der Waals surface area contributed by atoms with Gasteiger partial charge in [0.15, 0.2) is 0 Å². The highest BCUT2D eigenvalue weighted by Crippen LogP contribution is 2.52. The molecule has 2 amide bonds. The number of carbonyl (C=O) groups is 3. The molecule has 0 unspecified atom stereocenters. The molecule has 2 N–H and O–H groups in total. The zero-order valence-corrected chi connectivity index (χ0v) is 39.0. The molecular weight excluding hydrogens is 852 g/mol. The van der Waals surface area contributed by atoms with Crippen molar-refractivity contribution in [2.75, 3.05) is 30.4 Å². The van der Waals surface area contributed by atoms with Crippen molar-refractivity contribution in [1.82, 2.24) is 15.2 Å². The fraction of sp³-hybridized carbons (Fsp3) is 0.296. The SMILES string of the molecule is CSCC[C@H](NC(=O)c1cc(NC[C@@H]2C[C@H](SC(c3ccccc3)(c3ccccc3)c3ccccc3)CN2C(=O)OC(C)(C)C)ccc1CCc1ccc(F)cc1)C(=O)c1ccccn1. The second-order valence-electron chi connectivity index (χ2n) is 17.3. The molecule has 1 aliphatic heterocycles. The van der Waals surface area contributed by atoms with Crippen LogP contribution in [0.5, 0.6) is 0 Å². The number of halogens is 1. The van der Waals surface area contributed by atoms with E-state index >= 15 is 0 Å². The van der Waals surface area contributed by atoms with Crippen molar-refractivity contribution >= 4 is 47.0 Å². The van der Waals surface area contributed by atoms with Gasteiger partial charge in [-0.25, -0.2) is 9.18 Å². The van der Waals surface area contributed by atoms with E-state index < -0.39 is 16.4 Å². The molecule has 11 heteroatoms. The van der Waals surface area contributed by atoms with Crippen molar-refractivity contribution in [3.05, 3.63) is 203 Å². The van der Waals surface area contributed by atoms with Crippen molar-refractivity contribution in [3.63, 3.8) is 0 Å². The lowest BCUT2D eigenvalue weighted by atomic mass is 9.84. The molecule has 65 heavy (non-hydrogen) atoms. The van der Waals surface area contributed by atoms with Crippen LogP contribution < -0.4 is 10.6 Å². The van der Waals surface area contributed by atoms with Crippen LogP contribution in [0.1, 0.15) is 82.3 Å². The van der Waals surface area contributed by atoms with E-state index in [0.717, 1.165) is 27.8 Å². The summed E-state index contributed by atoms with van der Waals surface area (Å²) in [6.07, 6.45) is 5.38. The Morgan fingerprint density at radius 1 is 0.800 bits per heavy atom. The van der Waals surface area contributed by atoms with E-state index in [1.807, 2.05) is 80.1 Å². The molecule has 1 aliphatic rings. The maximum absolute atomic E-state index is 14.4. The lowest BCUT2D eigenvalue weighted by Gasteiger charge is -2.37. The number of aromatic nitrogens is 1. The number of benzene rings is 5. The number of ketones is 1. The van der Waals surface area contributed by atoms with Crippen molar-refractivity contribution in [3.8, 4) is 0 Å². The predicted octanol–water partition coefficient (Wildman–Crippen LogP) is 11.3. The third kappa shape index (κ3) is 12.1. The van der Waals surface area contributed by atoms with Crippen LogP contribution in [0.15, 0.2) is 158 Å². The monoisotopic (exact) mass is 908 g/mol. The number of ether oxygens (including phenoxy) is 1. The summed E-state index contributed by atoms with van der Waals surface area (Å²) < 4.78 is 19.2. The van der Waals surface area contributed by atoms with Crippen LogP contribution in [-0.4, -0.2) is 75.7 Å². The number of nitrogens with zero attached hydrogens (tertiary/aromatic N) is 2. The van der Waals surface area contributed by atoms with Gasteiger partial charge >= 0.3 is 6.09 Å². The minimum atomic E-state index is -0.781. The maximum Gasteiger partial charge on any atom is 0.410 e. The van der Waals surface area contributed by atoms with Gasteiger partial charge in [-0.2, -0.15) is 11.8 Å². The van der Waals surface area contributed by atoms with Crippen LogP contribution in [0.4, 0.5) is 14.9 Å². The molecule has 336 valence electrons. The van der Waals surface area contributed by atoms with Gasteiger partial charge in [0.2, 0.25) is 5.78 Å². The first-order valence-electron chi connectivity index (χ1n) is 22.1. The van der Waals surface area contributed by atoms with Gasteiger partial charge in [0.05, 0.1) is 16.8 Å². The lowest BCUT2D eigenvalue weighted by Crippen LogP contribution is -2.43. The first-order chi connectivity index (χ1) is 31.4. The Morgan fingerprint density at radius 2 is 1.42 bits per heavy atom. The van der Waals surface area contributed by atoms with E-state index in [-0.39, 0.29) is 34.9 Å². The van der Waals surface area contributed by atoms with Crippen LogP contribution in [-0.2, 0) is 22.3 Å². The van der Waals surface area contributed by atoms with Crippen molar-refractivity contribution in [1.29, 1.82) is 0 Å². The third-order valence-corrected chi connectivity index (χ3v) is 13.9. The van der Waals surface area contributed by atoms with Gasteiger partial charge < -0.3 is 20.3 Å². The van der Waals surface area contributed by atoms with Crippen LogP contribution in [0.3, 0.4) is 0 Å². The molecule has 2 heterocycles. The summed E-state index contributed by atoms with van der Waals surface area (Å²) >= 11 is 3.47. The Morgan fingerprint density at radius 3 is 1.98 bits per heavy atom. The van der Waals surface area contributed by atoms with Gasteiger partial charge in [-0.15, -0.1) is 11.8 Å². The minimum Gasteiger partial charge on any atom is -0.444 e. The molecule has 1 saturated heterocycles. The summed E-state index contributed by atoms with van der Waals surface area (Å²) in [7, 11) is 0. The van der Waals surface area contributed by atoms with Crippen LogP contribution in [0.2, 0.25) is 0 Å². The first kappa shape index (κ1) is 47.1. The summed E-state index contributed by atoms with van der Waals surface area (Å²) in [5.74, 6) is -0.259. The number of Topliss-reactive ketones (excluding diaryl/α,β-unsaturated/α-hetero) is 1. The van der Waals surface area contributed by atoms with E-state index in [0.29, 0.717) is 61.5 Å². The van der Waals surface area contributed by atoms with E-state index in [1.165, 1.54) is 12.1 Å². The number of hydrogen-bond acceptors (Lipinski definition) is 8. The molecule has 5 aromatic carbocycles. The highest BCUT2D eigenvalue weighted by atomic mass is 32.2. The third-order valence-electron chi connectivity index (χ3n) is 11.5. The van der Waals surface area contributed by atoms with Crippen molar-refractivity contribution in [2.24, 2.45) is 0 Å². The first-order valence-corrected chi connectivity index (χ1v) is 24.4. The van der Waals surface area contributed by atoms with Gasteiger partial charge in [-0.1, -0.05) is 115 Å². The molecule has 7 rings (SSSR count). The molecular formula is C54H57FN4O4S2. The quantitative estimate of drug-likeness (QED) is 0.0650. The Balaban J connectivity index is 1.18. The van der Waals surface area contributed by atoms with E-state index in [1.54, 1.807) is 48.3 Å². The average Bonchev–Trinajstić information content (AvgIpc) is 3.74. The maximum atomic E-state index is 14.4. The summed E-state index contributed by atoms with van der Waals surface area (Å²) in [5, 5.41) is 6.66. The molecule has 1 fully saturated rings. The predicted molar refractivity (Wildman–Crippen MR) is 263 cm³/mol. The second kappa shape index (κ2) is 21.8. The van der Waals surface area contributed by atoms with Gasteiger partial charge in [-0.3, -0.25) is 14.6 Å². The number of thioether (sulfide) groups is 2. The van der Waals surface area contributed by atoms with E-state index in [4.69, 9.17) is 4.74 Å². The number of pyridine rings is 1. The smallest absolute Gasteiger partial charge is 0.410 e. The summed E-state index contributed by atoms with van der Waals surface area (Å²) in [4.78, 5) is 48.3. The molecule has 0 radical (unpaired) electrons. The fourth-order valence-electron chi connectivity index (χ4n) is 8.38. The Bertz CT molecular complexity index is 2390. The molecule has 6 aromatic rings. The van der Waals surface area contributed by atoms with E-state index in [2.05, 4.69) is 88.4 Å². The highest BCUT2D eigenvalue weighted by Gasteiger charge is 2.45. The number of likely N-dealkylation sites (tertiary alicyclic amines) is 1. The van der Waals surface area contributed by atoms with Gasteiger partial charge in [0, 0.05) is 35.8 Å². The Kier molecular flexibility index (Phi) is 15.8. The van der Waals surface area contributed by atoms with Gasteiger partial charge in [0.1, 0.15) is 17.1 Å². The molecule has 0 bridgehead atoms. The molecule has 3 atom stereocenters. The topological polar surface area (TPSA) is 101 Å². The zero-order chi connectivity index (χ0) is 45.8. The number of anilines is 1. The number of nitrogens with one attached hydrogen (secondary N) is 2. The largest absolute Gasteiger partial charge is 0.444 e. The zero-order valence-electron chi connectivity index (χ0n) is 37.4. The van der Waals surface area contributed by atoms with Crippen LogP contribution in [0, 0.1) is 5.82 Å². The van der Waals surface area contributed by atoms with Gasteiger partial charge in [-0.05, 0) is 123 Å². The summed E-state index contributed by atoms with van der Waals surface area (Å²) in [6.45, 7) is 6.51. The average molecular weight is 909 g/mol. The lowest BCUT2D eigenvalue weighted by molar-refractivity contribution is 0.0235. The Labute approximate surface area is 391 Å². The number of carbonyl (C=O) groups excluding carboxylic acids is 3. The van der Waals surface area contributed by atoms with Crippen LogP contribution >= 0.6 is 23.5 Å². The number of rotatable bonds is 18.